The number of ether oxygens (including phenoxy) is 1. The van der Waals surface area contributed by atoms with Crippen molar-refractivity contribution in [3.63, 3.8) is 0 Å². The number of hydrogen-bond donors (Lipinski definition) is 2. The Morgan fingerprint density at radius 3 is 2.63 bits per heavy atom. The summed E-state index contributed by atoms with van der Waals surface area (Å²) < 4.78 is 5.28. The Hall–Kier alpha value is -3.19. The van der Waals surface area contributed by atoms with Crippen LogP contribution in [-0.4, -0.2) is 61.0 Å². The Morgan fingerprint density at radius 1 is 1.27 bits per heavy atom. The van der Waals surface area contributed by atoms with Gasteiger partial charge in [0.25, 0.3) is 11.7 Å². The lowest BCUT2D eigenvalue weighted by molar-refractivity contribution is -0.858. The SMILES string of the molecule is COc1ccc(C(O)=C2C(=O)C(=O)N(CCC[NH+](C)C)[C@H]2c2cccnc2)cc1C. The van der Waals surface area contributed by atoms with Crippen molar-refractivity contribution in [3.05, 3.63) is 65.0 Å². The Kier molecular flexibility index (Phi) is 6.52. The molecule has 1 aliphatic rings. The van der Waals surface area contributed by atoms with E-state index in [4.69, 9.17) is 4.74 Å². The summed E-state index contributed by atoms with van der Waals surface area (Å²) in [5.41, 5.74) is 2.08. The lowest BCUT2D eigenvalue weighted by Crippen LogP contribution is -3.05. The lowest BCUT2D eigenvalue weighted by atomic mass is 9.95. The molecule has 1 aromatic heterocycles. The summed E-state index contributed by atoms with van der Waals surface area (Å²) >= 11 is 0. The molecule has 158 valence electrons. The number of aliphatic hydroxyl groups is 1. The molecule has 1 aromatic carbocycles. The Labute approximate surface area is 176 Å². The Balaban J connectivity index is 2.08. The van der Waals surface area contributed by atoms with Gasteiger partial charge < -0.3 is 19.6 Å². The lowest BCUT2D eigenvalue weighted by Gasteiger charge is -2.25. The van der Waals surface area contributed by atoms with E-state index >= 15 is 0 Å². The maximum Gasteiger partial charge on any atom is 0.295 e. The third-order valence-electron chi connectivity index (χ3n) is 5.28. The van der Waals surface area contributed by atoms with Gasteiger partial charge in [0, 0.05) is 30.9 Å². The van der Waals surface area contributed by atoms with Crippen molar-refractivity contribution >= 4 is 17.4 Å². The summed E-state index contributed by atoms with van der Waals surface area (Å²) in [5, 5.41) is 11.1. The number of methoxy groups -OCH3 is 1. The molecule has 1 amide bonds. The van der Waals surface area contributed by atoms with E-state index in [1.807, 2.05) is 27.1 Å². The van der Waals surface area contributed by atoms with Crippen LogP contribution in [0.2, 0.25) is 0 Å². The molecule has 7 heteroatoms. The molecule has 1 fully saturated rings. The number of aliphatic hydroxyl groups excluding tert-OH is 1. The minimum atomic E-state index is -0.674. The molecule has 1 aliphatic heterocycles. The van der Waals surface area contributed by atoms with Crippen LogP contribution in [-0.2, 0) is 9.59 Å². The number of rotatable bonds is 7. The minimum Gasteiger partial charge on any atom is -0.507 e. The second kappa shape index (κ2) is 9.09. The van der Waals surface area contributed by atoms with Crippen molar-refractivity contribution < 1.29 is 24.3 Å². The summed E-state index contributed by atoms with van der Waals surface area (Å²) in [5.74, 6) is -0.771. The van der Waals surface area contributed by atoms with Gasteiger partial charge in [-0.05, 0) is 42.3 Å². The molecule has 1 atom stereocenters. The number of benzene rings is 1. The van der Waals surface area contributed by atoms with Crippen LogP contribution in [0.3, 0.4) is 0 Å². The minimum absolute atomic E-state index is 0.0924. The number of pyridine rings is 1. The van der Waals surface area contributed by atoms with E-state index in [0.29, 0.717) is 23.4 Å². The number of nitrogens with zero attached hydrogens (tertiary/aromatic N) is 2. The largest absolute Gasteiger partial charge is 0.507 e. The highest BCUT2D eigenvalue weighted by Gasteiger charge is 2.46. The molecule has 30 heavy (non-hydrogen) atoms. The molecule has 2 N–H and O–H groups in total. The zero-order chi connectivity index (χ0) is 21.8. The zero-order valence-electron chi connectivity index (χ0n) is 17.8. The molecule has 0 radical (unpaired) electrons. The molecule has 3 rings (SSSR count). The number of nitrogens with one attached hydrogen (secondary N) is 1. The molecule has 0 spiro atoms. The van der Waals surface area contributed by atoms with E-state index in [2.05, 4.69) is 4.98 Å². The average Bonchev–Trinajstić information content (AvgIpc) is 2.98. The zero-order valence-corrected chi connectivity index (χ0v) is 17.8. The van der Waals surface area contributed by atoms with E-state index in [1.165, 1.54) is 4.90 Å². The summed E-state index contributed by atoms with van der Waals surface area (Å²) in [4.78, 5) is 32.8. The van der Waals surface area contributed by atoms with Gasteiger partial charge in [0.15, 0.2) is 0 Å². The molecule has 0 aliphatic carbocycles. The van der Waals surface area contributed by atoms with Crippen molar-refractivity contribution in [2.75, 3.05) is 34.3 Å². The van der Waals surface area contributed by atoms with Gasteiger partial charge in [0.1, 0.15) is 11.5 Å². The number of amides is 1. The number of likely N-dealkylation sites (tertiary alicyclic amines) is 1. The summed E-state index contributed by atoms with van der Waals surface area (Å²) in [6.07, 6.45) is 4.01. The average molecular weight is 410 g/mol. The standard InChI is InChI=1S/C23H27N3O4/c1-15-13-16(8-9-18(15)30-4)21(27)19-20(17-7-5-10-24-14-17)26(23(29)22(19)28)12-6-11-25(2)3/h5,7-10,13-14,20,27H,6,11-12H2,1-4H3/p+1/t20-/m0/s1. The van der Waals surface area contributed by atoms with Crippen molar-refractivity contribution in [2.24, 2.45) is 0 Å². The number of aromatic nitrogens is 1. The van der Waals surface area contributed by atoms with Crippen LogP contribution in [0.25, 0.3) is 5.76 Å². The molecule has 1 saturated heterocycles. The van der Waals surface area contributed by atoms with Crippen molar-refractivity contribution in [1.29, 1.82) is 0 Å². The maximum atomic E-state index is 13.0. The van der Waals surface area contributed by atoms with Gasteiger partial charge in [0.05, 0.1) is 39.4 Å². The van der Waals surface area contributed by atoms with Crippen LogP contribution >= 0.6 is 0 Å². The molecule has 2 aromatic rings. The topological polar surface area (TPSA) is 84.2 Å². The molecule has 7 nitrogen and oxygen atoms in total. The number of carbonyl (C=O) groups is 2. The number of aryl methyl sites for hydroxylation is 1. The number of ketones is 1. The third kappa shape index (κ3) is 4.21. The summed E-state index contributed by atoms with van der Waals surface area (Å²) in [6.45, 7) is 3.14. The number of Topliss-reactive ketones (excluding diaryl/α,β-unsaturated/α-hetero) is 1. The predicted octanol–water partition coefficient (Wildman–Crippen LogP) is 1.35. The number of quaternary nitrogens is 1. The second-order valence-electron chi connectivity index (χ2n) is 7.77. The smallest absolute Gasteiger partial charge is 0.295 e. The highest BCUT2D eigenvalue weighted by Crippen LogP contribution is 2.39. The Morgan fingerprint density at radius 2 is 2.03 bits per heavy atom. The van der Waals surface area contributed by atoms with Crippen LogP contribution in [0.4, 0.5) is 0 Å². The number of hydrogen-bond acceptors (Lipinski definition) is 5. The van der Waals surface area contributed by atoms with Gasteiger partial charge in [-0.2, -0.15) is 0 Å². The molecule has 0 bridgehead atoms. The van der Waals surface area contributed by atoms with Gasteiger partial charge in [-0.3, -0.25) is 14.6 Å². The van der Waals surface area contributed by atoms with Gasteiger partial charge in [-0.15, -0.1) is 0 Å². The van der Waals surface area contributed by atoms with E-state index in [-0.39, 0.29) is 11.3 Å². The first-order valence-electron chi connectivity index (χ1n) is 9.97. The highest BCUT2D eigenvalue weighted by molar-refractivity contribution is 6.46. The molecular formula is C23H28N3O4+. The molecule has 0 saturated carbocycles. The van der Waals surface area contributed by atoms with Crippen molar-refractivity contribution in [1.82, 2.24) is 9.88 Å². The highest BCUT2D eigenvalue weighted by atomic mass is 16.5. The first-order valence-corrected chi connectivity index (χ1v) is 9.97. The fourth-order valence-electron chi connectivity index (χ4n) is 3.78. The predicted molar refractivity (Wildman–Crippen MR) is 113 cm³/mol. The first kappa shape index (κ1) is 21.5. The van der Waals surface area contributed by atoms with E-state index < -0.39 is 17.7 Å². The summed E-state index contributed by atoms with van der Waals surface area (Å²) in [7, 11) is 5.66. The first-order chi connectivity index (χ1) is 14.3. The van der Waals surface area contributed by atoms with Crippen LogP contribution < -0.4 is 9.64 Å². The fourth-order valence-corrected chi connectivity index (χ4v) is 3.78. The van der Waals surface area contributed by atoms with Crippen molar-refractivity contribution in [3.8, 4) is 5.75 Å². The van der Waals surface area contributed by atoms with E-state index in [9.17, 15) is 14.7 Å². The maximum absolute atomic E-state index is 13.0. The summed E-state index contributed by atoms with van der Waals surface area (Å²) in [6, 6.07) is 8.08. The van der Waals surface area contributed by atoms with Crippen LogP contribution in [0.5, 0.6) is 5.75 Å². The molecular weight excluding hydrogens is 382 g/mol. The quantitative estimate of drug-likeness (QED) is 0.409. The van der Waals surface area contributed by atoms with E-state index in [0.717, 1.165) is 18.5 Å². The van der Waals surface area contributed by atoms with E-state index in [1.54, 1.807) is 48.7 Å². The van der Waals surface area contributed by atoms with Crippen LogP contribution in [0.15, 0.2) is 48.3 Å². The van der Waals surface area contributed by atoms with Crippen LogP contribution in [0, 0.1) is 6.92 Å². The second-order valence-corrected chi connectivity index (χ2v) is 7.77. The normalized spacial score (nSPS) is 18.3. The van der Waals surface area contributed by atoms with Gasteiger partial charge >= 0.3 is 0 Å². The molecule has 2 heterocycles. The van der Waals surface area contributed by atoms with Gasteiger partial charge in [0.2, 0.25) is 0 Å². The van der Waals surface area contributed by atoms with Crippen molar-refractivity contribution in [2.45, 2.75) is 19.4 Å². The molecule has 0 unspecified atom stereocenters. The van der Waals surface area contributed by atoms with Gasteiger partial charge in [-0.25, -0.2) is 0 Å². The third-order valence-corrected chi connectivity index (χ3v) is 5.28. The monoisotopic (exact) mass is 410 g/mol. The van der Waals surface area contributed by atoms with Crippen LogP contribution in [0.1, 0.15) is 29.2 Å². The van der Waals surface area contributed by atoms with Gasteiger partial charge in [-0.1, -0.05) is 6.07 Å². The number of carbonyl (C=O) groups excluding carboxylic acids is 2. The fraction of sp³-hybridized carbons (Fsp3) is 0.348. The Bertz CT molecular complexity index is 970.